The molecule has 1 heterocycles. The normalized spacial score (nSPS) is 16.1. The van der Waals surface area contributed by atoms with Crippen molar-refractivity contribution in [2.45, 2.75) is 58.7 Å². The number of hydrogen-bond acceptors (Lipinski definition) is 3. The minimum atomic E-state index is -0.233. The molecular formula is C21H35N5O. The van der Waals surface area contributed by atoms with Crippen LogP contribution in [0.15, 0.2) is 29.3 Å². The number of guanidine groups is 1. The Bertz CT molecular complexity index is 630. The van der Waals surface area contributed by atoms with Gasteiger partial charge in [0.1, 0.15) is 0 Å². The molecule has 1 aromatic rings. The van der Waals surface area contributed by atoms with E-state index in [-0.39, 0.29) is 18.0 Å². The van der Waals surface area contributed by atoms with Crippen molar-refractivity contribution in [3.05, 3.63) is 35.4 Å². The number of piperidine rings is 1. The minimum absolute atomic E-state index is 0.0454. The molecule has 6 heteroatoms. The fraction of sp³-hybridized carbons (Fsp3) is 0.619. The fourth-order valence-corrected chi connectivity index (χ4v) is 3.27. The van der Waals surface area contributed by atoms with Crippen molar-refractivity contribution in [1.82, 2.24) is 20.9 Å². The van der Waals surface area contributed by atoms with Crippen molar-refractivity contribution in [1.29, 1.82) is 0 Å². The molecule has 0 aromatic heterocycles. The Morgan fingerprint density at radius 1 is 1.07 bits per heavy atom. The summed E-state index contributed by atoms with van der Waals surface area (Å²) in [7, 11) is 1.72. The summed E-state index contributed by atoms with van der Waals surface area (Å²) in [5.74, 6) is 0.586. The highest BCUT2D eigenvalue weighted by atomic mass is 16.2. The molecule has 1 saturated heterocycles. The van der Waals surface area contributed by atoms with E-state index in [2.05, 4.69) is 50.1 Å². The highest BCUT2D eigenvalue weighted by Gasteiger charge is 2.14. The van der Waals surface area contributed by atoms with Gasteiger partial charge < -0.3 is 16.0 Å². The van der Waals surface area contributed by atoms with E-state index < -0.39 is 0 Å². The Morgan fingerprint density at radius 3 is 2.37 bits per heavy atom. The second kappa shape index (κ2) is 10.3. The first kappa shape index (κ1) is 21.2. The van der Waals surface area contributed by atoms with E-state index in [1.54, 1.807) is 7.05 Å². The quantitative estimate of drug-likeness (QED) is 0.528. The van der Waals surface area contributed by atoms with Crippen LogP contribution in [0.4, 0.5) is 0 Å². The minimum Gasteiger partial charge on any atom is -0.352 e. The molecule has 0 saturated carbocycles. The summed E-state index contributed by atoms with van der Waals surface area (Å²) >= 11 is 0. The van der Waals surface area contributed by atoms with Crippen molar-refractivity contribution in [2.75, 3.05) is 26.7 Å². The maximum Gasteiger partial charge on any atom is 0.239 e. The number of carbonyl (C=O) groups excluding carboxylic acids is 1. The van der Waals surface area contributed by atoms with Gasteiger partial charge in [-0.1, -0.05) is 30.7 Å². The molecular weight excluding hydrogens is 338 g/mol. The van der Waals surface area contributed by atoms with Crippen LogP contribution in [-0.4, -0.2) is 49.0 Å². The molecule has 3 N–H and O–H groups in total. The van der Waals surface area contributed by atoms with E-state index in [4.69, 9.17) is 0 Å². The van der Waals surface area contributed by atoms with Crippen LogP contribution >= 0.6 is 0 Å². The third-order valence-corrected chi connectivity index (χ3v) is 4.56. The van der Waals surface area contributed by atoms with Crippen LogP contribution in [0.5, 0.6) is 0 Å². The highest BCUT2D eigenvalue weighted by Crippen LogP contribution is 2.16. The van der Waals surface area contributed by atoms with Gasteiger partial charge in [-0.2, -0.15) is 0 Å². The Hall–Kier alpha value is -2.08. The summed E-state index contributed by atoms with van der Waals surface area (Å²) in [4.78, 5) is 18.7. The molecule has 1 aliphatic heterocycles. The summed E-state index contributed by atoms with van der Waals surface area (Å²) in [6.07, 6.45) is 3.95. The number of rotatable bonds is 6. The standard InChI is InChI=1S/C21H35N5O/c1-21(2,3)25-19(27)15-24-20(22-4)23-14-17-10-6-7-11-18(17)16-26-12-8-5-9-13-26/h6-7,10-11H,5,8-9,12-16H2,1-4H3,(H,25,27)(H2,22,23,24). The molecule has 1 fully saturated rings. The molecule has 0 spiro atoms. The average molecular weight is 374 g/mol. The van der Waals surface area contributed by atoms with Crippen LogP contribution in [0.25, 0.3) is 0 Å². The van der Waals surface area contributed by atoms with E-state index in [1.807, 2.05) is 20.8 Å². The molecule has 6 nitrogen and oxygen atoms in total. The summed E-state index contributed by atoms with van der Waals surface area (Å²) in [6.45, 7) is 10.2. The second-order valence-corrected chi connectivity index (χ2v) is 8.18. The third-order valence-electron chi connectivity index (χ3n) is 4.56. The van der Waals surface area contributed by atoms with Gasteiger partial charge in [0.15, 0.2) is 5.96 Å². The zero-order valence-electron chi connectivity index (χ0n) is 17.3. The average Bonchev–Trinajstić information content (AvgIpc) is 2.62. The molecule has 1 aromatic carbocycles. The number of hydrogen-bond donors (Lipinski definition) is 3. The molecule has 0 bridgehead atoms. The first-order valence-corrected chi connectivity index (χ1v) is 9.92. The Kier molecular flexibility index (Phi) is 8.10. The zero-order valence-corrected chi connectivity index (χ0v) is 17.3. The number of aliphatic imine (C=N–C) groups is 1. The fourth-order valence-electron chi connectivity index (χ4n) is 3.27. The van der Waals surface area contributed by atoms with Crippen molar-refractivity contribution >= 4 is 11.9 Å². The van der Waals surface area contributed by atoms with Gasteiger partial charge in [-0.3, -0.25) is 14.7 Å². The van der Waals surface area contributed by atoms with E-state index >= 15 is 0 Å². The van der Waals surface area contributed by atoms with Gasteiger partial charge in [-0.05, 0) is 57.8 Å². The van der Waals surface area contributed by atoms with Crippen molar-refractivity contribution in [3.63, 3.8) is 0 Å². The SMILES string of the molecule is CN=C(NCC(=O)NC(C)(C)C)NCc1ccccc1CN1CCCCC1. The smallest absolute Gasteiger partial charge is 0.239 e. The topological polar surface area (TPSA) is 68.8 Å². The van der Waals surface area contributed by atoms with Gasteiger partial charge in [0.2, 0.25) is 5.91 Å². The van der Waals surface area contributed by atoms with E-state index in [0.29, 0.717) is 12.5 Å². The summed E-state index contributed by atoms with van der Waals surface area (Å²) in [5.41, 5.74) is 2.39. The number of nitrogens with one attached hydrogen (secondary N) is 3. The Labute approximate surface area is 163 Å². The van der Waals surface area contributed by atoms with Gasteiger partial charge in [-0.25, -0.2) is 0 Å². The number of carbonyl (C=O) groups is 1. The molecule has 0 atom stereocenters. The number of nitrogens with zero attached hydrogens (tertiary/aromatic N) is 2. The molecule has 1 amide bonds. The number of likely N-dealkylation sites (tertiary alicyclic amines) is 1. The van der Waals surface area contributed by atoms with Crippen molar-refractivity contribution in [3.8, 4) is 0 Å². The van der Waals surface area contributed by atoms with Crippen LogP contribution in [0.1, 0.15) is 51.2 Å². The lowest BCUT2D eigenvalue weighted by molar-refractivity contribution is -0.121. The largest absolute Gasteiger partial charge is 0.352 e. The second-order valence-electron chi connectivity index (χ2n) is 8.18. The van der Waals surface area contributed by atoms with Gasteiger partial charge in [0.25, 0.3) is 0 Å². The van der Waals surface area contributed by atoms with Crippen LogP contribution in [-0.2, 0) is 17.9 Å². The summed E-state index contributed by atoms with van der Waals surface area (Å²) < 4.78 is 0. The number of benzene rings is 1. The molecule has 0 unspecified atom stereocenters. The summed E-state index contributed by atoms with van der Waals surface area (Å²) in [5, 5.41) is 9.34. The Balaban J connectivity index is 1.86. The lowest BCUT2D eigenvalue weighted by atomic mass is 10.0. The first-order chi connectivity index (χ1) is 12.9. The van der Waals surface area contributed by atoms with Gasteiger partial charge in [0.05, 0.1) is 6.54 Å². The first-order valence-electron chi connectivity index (χ1n) is 9.92. The molecule has 2 rings (SSSR count). The molecule has 150 valence electrons. The molecule has 1 aliphatic rings. The van der Waals surface area contributed by atoms with Crippen LogP contribution in [0.2, 0.25) is 0 Å². The van der Waals surface area contributed by atoms with E-state index in [1.165, 1.54) is 43.5 Å². The van der Waals surface area contributed by atoms with E-state index in [0.717, 1.165) is 6.54 Å². The van der Waals surface area contributed by atoms with Crippen molar-refractivity contribution < 1.29 is 4.79 Å². The predicted octanol–water partition coefficient (Wildman–Crippen LogP) is 2.25. The monoisotopic (exact) mass is 373 g/mol. The van der Waals surface area contributed by atoms with Crippen LogP contribution in [0, 0.1) is 0 Å². The lowest BCUT2D eigenvalue weighted by Crippen LogP contribution is -2.48. The zero-order chi connectivity index (χ0) is 19.7. The lowest BCUT2D eigenvalue weighted by Gasteiger charge is -2.27. The van der Waals surface area contributed by atoms with Gasteiger partial charge >= 0.3 is 0 Å². The Morgan fingerprint density at radius 2 is 1.74 bits per heavy atom. The maximum absolute atomic E-state index is 12.0. The van der Waals surface area contributed by atoms with Gasteiger partial charge in [0, 0.05) is 25.7 Å². The van der Waals surface area contributed by atoms with Crippen LogP contribution in [0.3, 0.4) is 0 Å². The molecule has 27 heavy (non-hydrogen) atoms. The molecule has 0 radical (unpaired) electrons. The summed E-state index contributed by atoms with van der Waals surface area (Å²) in [6, 6.07) is 8.54. The number of amides is 1. The predicted molar refractivity (Wildman–Crippen MR) is 112 cm³/mol. The van der Waals surface area contributed by atoms with Crippen molar-refractivity contribution in [2.24, 2.45) is 4.99 Å². The van der Waals surface area contributed by atoms with E-state index in [9.17, 15) is 4.79 Å². The highest BCUT2D eigenvalue weighted by molar-refractivity contribution is 5.86. The van der Waals surface area contributed by atoms with Crippen LogP contribution < -0.4 is 16.0 Å². The third kappa shape index (κ3) is 7.99. The van der Waals surface area contributed by atoms with Gasteiger partial charge in [-0.15, -0.1) is 0 Å². The maximum atomic E-state index is 12.0. The molecule has 0 aliphatic carbocycles.